The van der Waals surface area contributed by atoms with Crippen LogP contribution in [0.3, 0.4) is 0 Å². The van der Waals surface area contributed by atoms with Crippen molar-refractivity contribution in [1.29, 1.82) is 0 Å². The first-order chi connectivity index (χ1) is 14.0. The monoisotopic (exact) mass is 389 g/mol. The second-order valence-electron chi connectivity index (χ2n) is 7.63. The number of carbonyl (C=O) groups excluding carboxylic acids is 3. The molecule has 4 rings (SSSR count). The fourth-order valence-corrected chi connectivity index (χ4v) is 4.14. The van der Waals surface area contributed by atoms with Gasteiger partial charge in [0.05, 0.1) is 5.41 Å². The van der Waals surface area contributed by atoms with Gasteiger partial charge < -0.3 is 15.5 Å². The number of fused-ring (bicyclic) bond motifs is 1. The van der Waals surface area contributed by atoms with Crippen molar-refractivity contribution in [3.8, 4) is 0 Å². The van der Waals surface area contributed by atoms with E-state index >= 15 is 0 Å². The zero-order valence-electron chi connectivity index (χ0n) is 16.1. The number of hydrogen-bond donors (Lipinski definition) is 2. The minimum absolute atomic E-state index is 0.0532. The summed E-state index contributed by atoms with van der Waals surface area (Å²) in [7, 11) is 0. The fourth-order valence-electron chi connectivity index (χ4n) is 4.14. The van der Waals surface area contributed by atoms with E-state index in [2.05, 4.69) is 23.3 Å². The fraction of sp³-hybridized carbons (Fsp3) is 0.261. The van der Waals surface area contributed by atoms with E-state index in [9.17, 15) is 14.4 Å². The van der Waals surface area contributed by atoms with Gasteiger partial charge in [-0.2, -0.15) is 0 Å². The molecule has 1 spiro atoms. The standard InChI is InChI=1S/C23H23N3O3/c1-2-20(27)24-18-8-5-7-16(14-18)21(28)26-12-10-23(11-13-26)15-17-6-3-4-9-19(17)25-22(23)29/h2-9,14H,1,10-13,15H2,(H,24,27)(H,25,29). The predicted molar refractivity (Wildman–Crippen MR) is 112 cm³/mol. The Kier molecular flexibility index (Phi) is 4.92. The molecule has 1 fully saturated rings. The van der Waals surface area contributed by atoms with E-state index in [1.54, 1.807) is 29.2 Å². The summed E-state index contributed by atoms with van der Waals surface area (Å²) in [5, 5.41) is 5.71. The van der Waals surface area contributed by atoms with Gasteiger partial charge in [0.1, 0.15) is 0 Å². The molecule has 2 aromatic rings. The van der Waals surface area contributed by atoms with Gasteiger partial charge in [0, 0.05) is 30.0 Å². The highest BCUT2D eigenvalue weighted by Crippen LogP contribution is 2.41. The summed E-state index contributed by atoms with van der Waals surface area (Å²) in [5.74, 6) is -0.360. The molecule has 0 radical (unpaired) electrons. The van der Waals surface area contributed by atoms with Crippen LogP contribution in [0.1, 0.15) is 28.8 Å². The Morgan fingerprint density at radius 2 is 1.86 bits per heavy atom. The van der Waals surface area contributed by atoms with E-state index in [0.717, 1.165) is 11.3 Å². The van der Waals surface area contributed by atoms with Crippen molar-refractivity contribution in [3.05, 3.63) is 72.3 Å². The smallest absolute Gasteiger partial charge is 0.253 e. The number of rotatable bonds is 3. The normalized spacial score (nSPS) is 17.2. The number of carbonyl (C=O) groups is 3. The molecule has 148 valence electrons. The first-order valence-corrected chi connectivity index (χ1v) is 9.73. The SMILES string of the molecule is C=CC(=O)Nc1cccc(C(=O)N2CCC3(CC2)Cc2ccccc2NC3=O)c1. The lowest BCUT2D eigenvalue weighted by molar-refractivity contribution is -0.128. The highest BCUT2D eigenvalue weighted by atomic mass is 16.2. The maximum Gasteiger partial charge on any atom is 0.253 e. The number of likely N-dealkylation sites (tertiary alicyclic amines) is 1. The molecule has 0 atom stereocenters. The van der Waals surface area contributed by atoms with Crippen molar-refractivity contribution >= 4 is 29.1 Å². The van der Waals surface area contributed by atoms with Gasteiger partial charge in [-0.15, -0.1) is 0 Å². The highest BCUT2D eigenvalue weighted by molar-refractivity contribution is 6.01. The van der Waals surface area contributed by atoms with Gasteiger partial charge in [-0.3, -0.25) is 14.4 Å². The van der Waals surface area contributed by atoms with E-state index in [4.69, 9.17) is 0 Å². The van der Waals surface area contributed by atoms with Crippen molar-refractivity contribution in [3.63, 3.8) is 0 Å². The van der Waals surface area contributed by atoms with Gasteiger partial charge in [-0.05, 0) is 55.2 Å². The number of benzene rings is 2. The van der Waals surface area contributed by atoms with Crippen LogP contribution in [0.15, 0.2) is 61.2 Å². The van der Waals surface area contributed by atoms with Crippen molar-refractivity contribution < 1.29 is 14.4 Å². The van der Waals surface area contributed by atoms with Crippen molar-refractivity contribution in [2.24, 2.45) is 5.41 Å². The third-order valence-electron chi connectivity index (χ3n) is 5.85. The number of para-hydroxylation sites is 1. The molecular formula is C23H23N3O3. The van der Waals surface area contributed by atoms with Gasteiger partial charge in [0.2, 0.25) is 11.8 Å². The van der Waals surface area contributed by atoms with Crippen LogP contribution in [0.2, 0.25) is 0 Å². The Labute approximate surface area is 169 Å². The van der Waals surface area contributed by atoms with Crippen molar-refractivity contribution in [2.75, 3.05) is 23.7 Å². The van der Waals surface area contributed by atoms with Crippen LogP contribution in [0, 0.1) is 5.41 Å². The average Bonchev–Trinajstić information content (AvgIpc) is 2.75. The summed E-state index contributed by atoms with van der Waals surface area (Å²) in [6, 6.07) is 14.8. The maximum absolute atomic E-state index is 13.0. The number of hydrogen-bond acceptors (Lipinski definition) is 3. The van der Waals surface area contributed by atoms with Gasteiger partial charge in [-0.1, -0.05) is 30.8 Å². The molecule has 2 heterocycles. The Morgan fingerprint density at radius 1 is 1.10 bits per heavy atom. The molecule has 1 saturated heterocycles. The summed E-state index contributed by atoms with van der Waals surface area (Å²) in [6.07, 6.45) is 3.16. The second kappa shape index (κ2) is 7.54. The van der Waals surface area contributed by atoms with E-state index in [0.29, 0.717) is 43.6 Å². The van der Waals surface area contributed by atoms with Crippen LogP contribution in [0.25, 0.3) is 0 Å². The molecule has 2 aromatic carbocycles. The van der Waals surface area contributed by atoms with E-state index in [1.807, 2.05) is 18.2 Å². The molecule has 6 nitrogen and oxygen atoms in total. The van der Waals surface area contributed by atoms with Gasteiger partial charge >= 0.3 is 0 Å². The minimum atomic E-state index is -0.453. The van der Waals surface area contributed by atoms with Gasteiger partial charge in [0.25, 0.3) is 5.91 Å². The Morgan fingerprint density at radius 3 is 2.62 bits per heavy atom. The lowest BCUT2D eigenvalue weighted by atomic mass is 9.71. The molecular weight excluding hydrogens is 366 g/mol. The topological polar surface area (TPSA) is 78.5 Å². The summed E-state index contributed by atoms with van der Waals surface area (Å²) in [5.41, 5.74) is 2.65. The first-order valence-electron chi connectivity index (χ1n) is 9.73. The summed E-state index contributed by atoms with van der Waals surface area (Å²) < 4.78 is 0. The van der Waals surface area contributed by atoms with Crippen molar-refractivity contribution in [1.82, 2.24) is 4.90 Å². The van der Waals surface area contributed by atoms with Crippen LogP contribution >= 0.6 is 0 Å². The maximum atomic E-state index is 13.0. The van der Waals surface area contributed by atoms with Crippen LogP contribution in [-0.2, 0) is 16.0 Å². The molecule has 2 aliphatic heterocycles. The molecule has 2 aliphatic rings. The summed E-state index contributed by atoms with van der Waals surface area (Å²) >= 11 is 0. The highest BCUT2D eigenvalue weighted by Gasteiger charge is 2.45. The number of anilines is 2. The molecule has 0 aliphatic carbocycles. The molecule has 0 saturated carbocycles. The number of nitrogens with zero attached hydrogens (tertiary/aromatic N) is 1. The Hall–Kier alpha value is -3.41. The van der Waals surface area contributed by atoms with Crippen molar-refractivity contribution in [2.45, 2.75) is 19.3 Å². The number of amides is 3. The molecule has 0 unspecified atom stereocenters. The Balaban J connectivity index is 1.45. The molecule has 2 N–H and O–H groups in total. The molecule has 6 heteroatoms. The molecule has 29 heavy (non-hydrogen) atoms. The lowest BCUT2D eigenvalue weighted by Crippen LogP contribution is -2.51. The van der Waals surface area contributed by atoms with Crippen LogP contribution in [0.4, 0.5) is 11.4 Å². The third-order valence-corrected chi connectivity index (χ3v) is 5.85. The van der Waals surface area contributed by atoms with Gasteiger partial charge in [-0.25, -0.2) is 0 Å². The molecule has 0 aromatic heterocycles. The number of piperidine rings is 1. The van der Waals surface area contributed by atoms with Crippen LogP contribution < -0.4 is 10.6 Å². The minimum Gasteiger partial charge on any atom is -0.339 e. The van der Waals surface area contributed by atoms with E-state index in [-0.39, 0.29) is 17.7 Å². The zero-order valence-corrected chi connectivity index (χ0v) is 16.1. The van der Waals surface area contributed by atoms with Crippen LogP contribution in [0.5, 0.6) is 0 Å². The second-order valence-corrected chi connectivity index (χ2v) is 7.63. The summed E-state index contributed by atoms with van der Waals surface area (Å²) in [6.45, 7) is 4.48. The average molecular weight is 389 g/mol. The Bertz CT molecular complexity index is 990. The van der Waals surface area contributed by atoms with E-state index < -0.39 is 5.41 Å². The number of nitrogens with one attached hydrogen (secondary N) is 2. The molecule has 0 bridgehead atoms. The van der Waals surface area contributed by atoms with Gasteiger partial charge in [0.15, 0.2) is 0 Å². The summed E-state index contributed by atoms with van der Waals surface area (Å²) in [4.78, 5) is 39.0. The van der Waals surface area contributed by atoms with Crippen LogP contribution in [-0.4, -0.2) is 35.7 Å². The largest absolute Gasteiger partial charge is 0.339 e. The molecule has 3 amide bonds. The van der Waals surface area contributed by atoms with E-state index in [1.165, 1.54) is 6.08 Å². The predicted octanol–water partition coefficient (Wildman–Crippen LogP) is 3.23. The lowest BCUT2D eigenvalue weighted by Gasteiger charge is -2.43. The first kappa shape index (κ1) is 18.9. The quantitative estimate of drug-likeness (QED) is 0.791. The third kappa shape index (κ3) is 3.66. The zero-order chi connectivity index (χ0) is 20.4.